The molecule has 0 fully saturated rings. The lowest BCUT2D eigenvalue weighted by Gasteiger charge is -2.18. The number of aromatic nitrogens is 2. The summed E-state index contributed by atoms with van der Waals surface area (Å²) in [5.41, 5.74) is 5.14. The topological polar surface area (TPSA) is 60.9 Å². The molecule has 2 N–H and O–H groups in total. The van der Waals surface area contributed by atoms with Gasteiger partial charge in [-0.25, -0.2) is 4.98 Å². The number of anilines is 1. The maximum absolute atomic E-state index is 13.4. The van der Waals surface area contributed by atoms with Crippen molar-refractivity contribution in [3.63, 3.8) is 0 Å². The molecular weight excluding hydrogens is 375 g/mol. The smallest absolute Gasteiger partial charge is 0.394 e. The fourth-order valence-corrected chi connectivity index (χ4v) is 3.89. The summed E-state index contributed by atoms with van der Waals surface area (Å²) in [5, 5.41) is 0.826. The Balaban J connectivity index is 2.29. The van der Waals surface area contributed by atoms with Gasteiger partial charge >= 0.3 is 6.18 Å². The highest BCUT2D eigenvalue weighted by atomic mass is 32.1. The molecular formula is C19H18F3N3OS. The number of nitrogen functional groups attached to an aromatic ring is 1. The molecule has 0 aliphatic carbocycles. The van der Waals surface area contributed by atoms with Crippen LogP contribution in [0.15, 0.2) is 35.1 Å². The highest BCUT2D eigenvalue weighted by Gasteiger charge is 2.35. The second kappa shape index (κ2) is 6.84. The number of thiazole rings is 1. The number of hydrogen-bond acceptors (Lipinski definition) is 4. The van der Waals surface area contributed by atoms with Crippen LogP contribution in [-0.4, -0.2) is 9.55 Å². The number of nitrogens with two attached hydrogens (primary N) is 1. The first-order valence-electron chi connectivity index (χ1n) is 8.18. The Hall–Kier alpha value is -2.61. The van der Waals surface area contributed by atoms with Crippen molar-refractivity contribution in [1.82, 2.24) is 9.55 Å². The third-order valence-corrected chi connectivity index (χ3v) is 5.32. The summed E-state index contributed by atoms with van der Waals surface area (Å²) in [6, 6.07) is 7.95. The number of nitrogens with zero attached hydrogens (tertiary/aromatic N) is 2. The average molecular weight is 393 g/mol. The molecule has 1 aromatic carbocycles. The van der Waals surface area contributed by atoms with E-state index in [0.29, 0.717) is 5.56 Å². The fraction of sp³-hybridized carbons (Fsp3) is 0.263. The molecule has 27 heavy (non-hydrogen) atoms. The van der Waals surface area contributed by atoms with Crippen molar-refractivity contribution in [3.05, 3.63) is 67.4 Å². The molecule has 0 spiro atoms. The zero-order valence-corrected chi connectivity index (χ0v) is 15.8. The van der Waals surface area contributed by atoms with E-state index in [2.05, 4.69) is 4.98 Å². The Morgan fingerprint density at radius 2 is 1.89 bits per heavy atom. The Bertz CT molecular complexity index is 1070. The molecule has 0 saturated heterocycles. The van der Waals surface area contributed by atoms with Gasteiger partial charge in [0.2, 0.25) is 0 Å². The van der Waals surface area contributed by atoms with Gasteiger partial charge in [0.15, 0.2) is 0 Å². The number of alkyl halides is 3. The summed E-state index contributed by atoms with van der Waals surface area (Å²) in [5.74, 6) is 0. The first-order valence-corrected chi connectivity index (χ1v) is 9.00. The first kappa shape index (κ1) is 19.2. The van der Waals surface area contributed by atoms with E-state index in [9.17, 15) is 18.0 Å². The minimum absolute atomic E-state index is 0.113. The molecule has 2 aromatic heterocycles. The van der Waals surface area contributed by atoms with Gasteiger partial charge in [-0.15, -0.1) is 11.3 Å². The first-order chi connectivity index (χ1) is 12.6. The predicted molar refractivity (Wildman–Crippen MR) is 101 cm³/mol. The number of benzene rings is 1. The van der Waals surface area contributed by atoms with E-state index < -0.39 is 23.0 Å². The third-order valence-electron chi connectivity index (χ3n) is 4.26. The Morgan fingerprint density at radius 3 is 2.44 bits per heavy atom. The lowest BCUT2D eigenvalue weighted by Crippen LogP contribution is -2.28. The maximum Gasteiger partial charge on any atom is 0.418 e. The Kier molecular flexibility index (Phi) is 4.86. The summed E-state index contributed by atoms with van der Waals surface area (Å²) in [6.45, 7) is 5.60. The van der Waals surface area contributed by atoms with Gasteiger partial charge in [-0.1, -0.05) is 23.8 Å². The molecule has 142 valence electrons. The van der Waals surface area contributed by atoms with E-state index in [0.717, 1.165) is 27.2 Å². The summed E-state index contributed by atoms with van der Waals surface area (Å²) in [6.07, 6.45) is -4.71. The van der Waals surface area contributed by atoms with E-state index in [1.807, 2.05) is 26.8 Å². The van der Waals surface area contributed by atoms with E-state index in [1.54, 1.807) is 18.2 Å². The summed E-state index contributed by atoms with van der Waals surface area (Å²) < 4.78 is 41.5. The van der Waals surface area contributed by atoms with Crippen LogP contribution in [0.25, 0.3) is 11.3 Å². The van der Waals surface area contributed by atoms with E-state index >= 15 is 0 Å². The number of rotatable bonds is 3. The lowest BCUT2D eigenvalue weighted by molar-refractivity contribution is -0.137. The number of pyridine rings is 1. The van der Waals surface area contributed by atoms with Crippen LogP contribution in [0.3, 0.4) is 0 Å². The fourth-order valence-electron chi connectivity index (χ4n) is 2.96. The van der Waals surface area contributed by atoms with Gasteiger partial charge in [0.05, 0.1) is 28.5 Å². The molecule has 2 heterocycles. The standard InChI is InChI=1S/C19H18F3N3OS/c1-10-5-4-6-13(7-10)15-8-14(19(20,21)22)17(23)18(26)25(15)9-16-11(2)24-12(3)27-16/h4-8H,9,23H2,1-3H3. The SMILES string of the molecule is Cc1cccc(-c2cc(C(F)(F)F)c(N)c(=O)n2Cc2sc(C)nc2C)c1. The molecule has 0 aliphatic heterocycles. The largest absolute Gasteiger partial charge is 0.418 e. The highest BCUT2D eigenvalue weighted by Crippen LogP contribution is 2.35. The Labute approximate surface area is 158 Å². The molecule has 0 unspecified atom stereocenters. The number of aryl methyl sites for hydroxylation is 3. The maximum atomic E-state index is 13.4. The van der Waals surface area contributed by atoms with Gasteiger partial charge in [-0.3, -0.25) is 4.79 Å². The van der Waals surface area contributed by atoms with Crippen LogP contribution in [-0.2, 0) is 12.7 Å². The quantitative estimate of drug-likeness (QED) is 0.710. The van der Waals surface area contributed by atoms with Crippen LogP contribution in [0.5, 0.6) is 0 Å². The van der Waals surface area contributed by atoms with Gasteiger partial charge in [-0.2, -0.15) is 13.2 Å². The van der Waals surface area contributed by atoms with Crippen LogP contribution >= 0.6 is 11.3 Å². The minimum atomic E-state index is -4.71. The van der Waals surface area contributed by atoms with Crippen molar-refractivity contribution in [2.24, 2.45) is 0 Å². The monoisotopic (exact) mass is 393 g/mol. The number of hydrogen-bond donors (Lipinski definition) is 1. The summed E-state index contributed by atoms with van der Waals surface area (Å²) in [4.78, 5) is 17.9. The highest BCUT2D eigenvalue weighted by molar-refractivity contribution is 7.11. The van der Waals surface area contributed by atoms with Crippen LogP contribution in [0.1, 0.15) is 26.7 Å². The molecule has 0 aliphatic rings. The lowest BCUT2D eigenvalue weighted by atomic mass is 10.0. The van der Waals surface area contributed by atoms with Gasteiger partial charge in [0, 0.05) is 4.88 Å². The molecule has 4 nitrogen and oxygen atoms in total. The van der Waals surface area contributed by atoms with E-state index in [-0.39, 0.29) is 12.2 Å². The van der Waals surface area contributed by atoms with Gasteiger partial charge in [0.1, 0.15) is 5.69 Å². The summed E-state index contributed by atoms with van der Waals surface area (Å²) in [7, 11) is 0. The van der Waals surface area contributed by atoms with Gasteiger partial charge in [0.25, 0.3) is 5.56 Å². The van der Waals surface area contributed by atoms with E-state index in [4.69, 9.17) is 5.73 Å². The van der Waals surface area contributed by atoms with Crippen molar-refractivity contribution in [1.29, 1.82) is 0 Å². The third kappa shape index (κ3) is 3.75. The van der Waals surface area contributed by atoms with Crippen molar-refractivity contribution in [2.45, 2.75) is 33.5 Å². The van der Waals surface area contributed by atoms with Gasteiger partial charge < -0.3 is 10.3 Å². The summed E-state index contributed by atoms with van der Waals surface area (Å²) >= 11 is 1.41. The van der Waals surface area contributed by atoms with Crippen molar-refractivity contribution in [2.75, 3.05) is 5.73 Å². The molecule has 0 amide bonds. The number of halogens is 3. The van der Waals surface area contributed by atoms with Crippen LogP contribution in [0.4, 0.5) is 18.9 Å². The van der Waals surface area contributed by atoms with Crippen LogP contribution in [0, 0.1) is 20.8 Å². The zero-order valence-electron chi connectivity index (χ0n) is 15.0. The van der Waals surface area contributed by atoms with Crippen LogP contribution < -0.4 is 11.3 Å². The predicted octanol–water partition coefficient (Wildman–Crippen LogP) is 4.55. The molecule has 0 radical (unpaired) electrons. The normalized spacial score (nSPS) is 11.8. The molecule has 0 bridgehead atoms. The molecule has 8 heteroatoms. The molecule has 3 aromatic rings. The second-order valence-corrected chi connectivity index (χ2v) is 7.64. The van der Waals surface area contributed by atoms with Crippen molar-refractivity contribution in [3.8, 4) is 11.3 Å². The molecule has 0 saturated carbocycles. The second-order valence-electron chi connectivity index (χ2n) is 6.36. The van der Waals surface area contributed by atoms with Gasteiger partial charge in [-0.05, 0) is 38.5 Å². The van der Waals surface area contributed by atoms with Crippen molar-refractivity contribution >= 4 is 17.0 Å². The average Bonchev–Trinajstić information content (AvgIpc) is 2.88. The van der Waals surface area contributed by atoms with Crippen LogP contribution in [0.2, 0.25) is 0 Å². The molecule has 0 atom stereocenters. The zero-order chi connectivity index (χ0) is 19.9. The molecule has 3 rings (SSSR count). The van der Waals surface area contributed by atoms with Crippen molar-refractivity contribution < 1.29 is 13.2 Å². The Morgan fingerprint density at radius 1 is 1.19 bits per heavy atom. The minimum Gasteiger partial charge on any atom is -0.394 e. The van der Waals surface area contributed by atoms with E-state index in [1.165, 1.54) is 15.9 Å².